The molecule has 0 atom stereocenters. The molecule has 2 N–H and O–H groups in total. The SMILES string of the molecule is CCSc1ccc(Cl)cc1C(=O)NCCNC.Cl. The molecule has 0 spiro atoms. The van der Waals surface area contributed by atoms with Crippen LogP contribution >= 0.6 is 35.8 Å². The van der Waals surface area contributed by atoms with Crippen LogP contribution in [0.2, 0.25) is 5.02 Å². The fourth-order valence-electron chi connectivity index (χ4n) is 1.36. The van der Waals surface area contributed by atoms with Gasteiger partial charge in [0.2, 0.25) is 0 Å². The number of rotatable bonds is 6. The van der Waals surface area contributed by atoms with Gasteiger partial charge in [0.05, 0.1) is 5.56 Å². The largest absolute Gasteiger partial charge is 0.351 e. The van der Waals surface area contributed by atoms with Crippen LogP contribution in [0.1, 0.15) is 17.3 Å². The Balaban J connectivity index is 0.00000289. The third kappa shape index (κ3) is 5.48. The average molecular weight is 309 g/mol. The van der Waals surface area contributed by atoms with Crippen molar-refractivity contribution in [2.75, 3.05) is 25.9 Å². The van der Waals surface area contributed by atoms with Crippen molar-refractivity contribution in [2.45, 2.75) is 11.8 Å². The lowest BCUT2D eigenvalue weighted by Crippen LogP contribution is -2.30. The van der Waals surface area contributed by atoms with Gasteiger partial charge in [-0.1, -0.05) is 18.5 Å². The Morgan fingerprint density at radius 1 is 1.39 bits per heavy atom. The first-order chi connectivity index (χ1) is 8.19. The van der Waals surface area contributed by atoms with Gasteiger partial charge in [-0.15, -0.1) is 24.2 Å². The first-order valence-electron chi connectivity index (χ1n) is 5.54. The van der Waals surface area contributed by atoms with Crippen molar-refractivity contribution in [3.05, 3.63) is 28.8 Å². The molecule has 18 heavy (non-hydrogen) atoms. The summed E-state index contributed by atoms with van der Waals surface area (Å²) in [6.07, 6.45) is 0. The molecule has 0 aliphatic carbocycles. The fraction of sp³-hybridized carbons (Fsp3) is 0.417. The normalized spacial score (nSPS) is 9.72. The van der Waals surface area contributed by atoms with Crippen molar-refractivity contribution < 1.29 is 4.79 Å². The third-order valence-electron chi connectivity index (χ3n) is 2.15. The summed E-state index contributed by atoms with van der Waals surface area (Å²) in [6, 6.07) is 5.42. The van der Waals surface area contributed by atoms with Gasteiger partial charge in [0.1, 0.15) is 0 Å². The van der Waals surface area contributed by atoms with Gasteiger partial charge in [0, 0.05) is 23.0 Å². The van der Waals surface area contributed by atoms with Crippen LogP contribution in [0.25, 0.3) is 0 Å². The predicted molar refractivity (Wildman–Crippen MR) is 81.4 cm³/mol. The summed E-state index contributed by atoms with van der Waals surface area (Å²) in [7, 11) is 1.85. The van der Waals surface area contributed by atoms with E-state index >= 15 is 0 Å². The molecular weight excluding hydrogens is 291 g/mol. The lowest BCUT2D eigenvalue weighted by atomic mass is 10.2. The van der Waals surface area contributed by atoms with E-state index in [0.717, 1.165) is 17.2 Å². The van der Waals surface area contributed by atoms with Crippen molar-refractivity contribution >= 4 is 41.7 Å². The van der Waals surface area contributed by atoms with Crippen LogP contribution in [-0.2, 0) is 0 Å². The number of hydrogen-bond donors (Lipinski definition) is 2. The monoisotopic (exact) mass is 308 g/mol. The summed E-state index contributed by atoms with van der Waals surface area (Å²) >= 11 is 7.56. The van der Waals surface area contributed by atoms with Gasteiger partial charge in [0.15, 0.2) is 0 Å². The van der Waals surface area contributed by atoms with Crippen LogP contribution in [0.15, 0.2) is 23.1 Å². The Bertz CT molecular complexity index is 388. The number of carbonyl (C=O) groups is 1. The van der Waals surface area contributed by atoms with Crippen molar-refractivity contribution in [3.63, 3.8) is 0 Å². The molecule has 1 aromatic carbocycles. The molecule has 0 saturated heterocycles. The van der Waals surface area contributed by atoms with E-state index in [4.69, 9.17) is 11.6 Å². The van der Waals surface area contributed by atoms with Gasteiger partial charge in [-0.2, -0.15) is 0 Å². The van der Waals surface area contributed by atoms with E-state index in [-0.39, 0.29) is 18.3 Å². The Hall–Kier alpha value is -0.420. The highest BCUT2D eigenvalue weighted by atomic mass is 35.5. The van der Waals surface area contributed by atoms with Crippen LogP contribution in [0.5, 0.6) is 0 Å². The number of nitrogens with one attached hydrogen (secondary N) is 2. The first-order valence-corrected chi connectivity index (χ1v) is 6.90. The molecule has 0 bridgehead atoms. The summed E-state index contributed by atoms with van der Waals surface area (Å²) in [6.45, 7) is 3.42. The zero-order valence-electron chi connectivity index (χ0n) is 10.5. The second-order valence-corrected chi connectivity index (χ2v) is 5.18. The molecule has 0 fully saturated rings. The maximum atomic E-state index is 12.0. The van der Waals surface area contributed by atoms with Gasteiger partial charge in [-0.25, -0.2) is 0 Å². The minimum atomic E-state index is -0.0706. The third-order valence-corrected chi connectivity index (χ3v) is 3.34. The highest BCUT2D eigenvalue weighted by molar-refractivity contribution is 7.99. The molecular formula is C12H18Cl2N2OS. The van der Waals surface area contributed by atoms with Gasteiger partial charge in [-0.05, 0) is 31.0 Å². The predicted octanol–water partition coefficient (Wildman–Crippen LogP) is 2.82. The van der Waals surface area contributed by atoms with Gasteiger partial charge < -0.3 is 10.6 Å². The highest BCUT2D eigenvalue weighted by Gasteiger charge is 2.11. The van der Waals surface area contributed by atoms with E-state index in [1.54, 1.807) is 17.8 Å². The van der Waals surface area contributed by atoms with Crippen molar-refractivity contribution in [1.29, 1.82) is 0 Å². The number of amides is 1. The summed E-state index contributed by atoms with van der Waals surface area (Å²) in [4.78, 5) is 12.9. The highest BCUT2D eigenvalue weighted by Crippen LogP contribution is 2.25. The molecule has 0 radical (unpaired) electrons. The summed E-state index contributed by atoms with van der Waals surface area (Å²) in [5.41, 5.74) is 0.653. The number of halogens is 2. The molecule has 0 unspecified atom stereocenters. The molecule has 0 heterocycles. The molecule has 1 amide bonds. The van der Waals surface area contributed by atoms with Crippen LogP contribution in [0.4, 0.5) is 0 Å². The lowest BCUT2D eigenvalue weighted by Gasteiger charge is -2.09. The van der Waals surface area contributed by atoms with Gasteiger partial charge in [-0.3, -0.25) is 4.79 Å². The Labute approximate surface area is 123 Å². The number of benzene rings is 1. The number of thioether (sulfide) groups is 1. The van der Waals surface area contributed by atoms with E-state index in [0.29, 0.717) is 17.1 Å². The summed E-state index contributed by atoms with van der Waals surface area (Å²) in [5, 5.41) is 6.42. The Kier molecular flexibility index (Phi) is 9.28. The second kappa shape index (κ2) is 9.50. The summed E-state index contributed by atoms with van der Waals surface area (Å²) in [5.74, 6) is 0.858. The van der Waals surface area contributed by atoms with Crippen LogP contribution in [0.3, 0.4) is 0 Å². The maximum Gasteiger partial charge on any atom is 0.252 e. The smallest absolute Gasteiger partial charge is 0.252 e. The number of hydrogen-bond acceptors (Lipinski definition) is 3. The van der Waals surface area contributed by atoms with Gasteiger partial charge >= 0.3 is 0 Å². The minimum absolute atomic E-state index is 0. The molecule has 0 aliphatic rings. The average Bonchev–Trinajstić information content (AvgIpc) is 2.32. The zero-order valence-corrected chi connectivity index (χ0v) is 12.8. The van der Waals surface area contributed by atoms with Crippen LogP contribution in [0, 0.1) is 0 Å². The topological polar surface area (TPSA) is 41.1 Å². The number of carbonyl (C=O) groups excluding carboxylic acids is 1. The van der Waals surface area contributed by atoms with E-state index < -0.39 is 0 Å². The molecule has 0 saturated carbocycles. The maximum absolute atomic E-state index is 12.0. The molecule has 3 nitrogen and oxygen atoms in total. The van der Waals surface area contributed by atoms with Gasteiger partial charge in [0.25, 0.3) is 5.91 Å². The Morgan fingerprint density at radius 2 is 2.11 bits per heavy atom. The standard InChI is InChI=1S/C12H17ClN2OS.ClH/c1-3-17-11-5-4-9(13)8-10(11)12(16)15-7-6-14-2;/h4-5,8,14H,3,6-7H2,1-2H3,(H,15,16);1H. The van der Waals surface area contributed by atoms with E-state index in [1.165, 1.54) is 0 Å². The minimum Gasteiger partial charge on any atom is -0.351 e. The zero-order chi connectivity index (χ0) is 12.7. The van der Waals surface area contributed by atoms with E-state index in [9.17, 15) is 4.79 Å². The van der Waals surface area contributed by atoms with Crippen LogP contribution in [-0.4, -0.2) is 31.8 Å². The fourth-order valence-corrected chi connectivity index (χ4v) is 2.31. The molecule has 1 rings (SSSR count). The van der Waals surface area contributed by atoms with Crippen molar-refractivity contribution in [2.24, 2.45) is 0 Å². The lowest BCUT2D eigenvalue weighted by molar-refractivity contribution is 0.0951. The quantitative estimate of drug-likeness (QED) is 0.627. The second-order valence-electron chi connectivity index (χ2n) is 3.43. The molecule has 0 aliphatic heterocycles. The number of likely N-dealkylation sites (N-methyl/N-ethyl adjacent to an activating group) is 1. The molecule has 6 heteroatoms. The van der Waals surface area contributed by atoms with Crippen molar-refractivity contribution in [1.82, 2.24) is 10.6 Å². The summed E-state index contributed by atoms with van der Waals surface area (Å²) < 4.78 is 0. The van der Waals surface area contributed by atoms with Crippen molar-refractivity contribution in [3.8, 4) is 0 Å². The first kappa shape index (κ1) is 17.6. The van der Waals surface area contributed by atoms with Crippen LogP contribution < -0.4 is 10.6 Å². The van der Waals surface area contributed by atoms with E-state index in [2.05, 4.69) is 17.6 Å². The molecule has 0 aromatic heterocycles. The molecule has 102 valence electrons. The Morgan fingerprint density at radius 3 is 2.72 bits per heavy atom. The molecule has 1 aromatic rings. The van der Waals surface area contributed by atoms with E-state index in [1.807, 2.05) is 19.2 Å².